The van der Waals surface area contributed by atoms with Gasteiger partial charge in [-0.1, -0.05) is 162 Å². The summed E-state index contributed by atoms with van der Waals surface area (Å²) in [5.41, 5.74) is 9.79. The van der Waals surface area contributed by atoms with Crippen LogP contribution in [0, 0.1) is 0 Å². The third kappa shape index (κ3) is 26.7. The molecule has 4 aliphatic rings. The minimum atomic E-state index is -4.88. The van der Waals surface area contributed by atoms with E-state index >= 15 is 0 Å². The van der Waals surface area contributed by atoms with Crippen molar-refractivity contribution >= 4 is 105 Å². The number of esters is 4. The first-order valence-electron chi connectivity index (χ1n) is 40.6. The molecule has 127 heavy (non-hydrogen) atoms. The molecule has 4 atom stereocenters. The van der Waals surface area contributed by atoms with Gasteiger partial charge in [-0.15, -0.1) is 13.2 Å². The van der Waals surface area contributed by atoms with Gasteiger partial charge in [0, 0.05) is 165 Å². The number of allylic oxidation sites excluding steroid dienone is 4. The maximum atomic E-state index is 13.3. The Kier molecular flexibility index (Phi) is 36.2. The topological polar surface area (TPSA) is 255 Å². The van der Waals surface area contributed by atoms with Gasteiger partial charge in [0.25, 0.3) is 0 Å². The van der Waals surface area contributed by atoms with Crippen molar-refractivity contribution in [3.05, 3.63) is 322 Å². The second-order valence-corrected chi connectivity index (χ2v) is 31.5. The second-order valence-electron chi connectivity index (χ2n) is 29.7. The van der Waals surface area contributed by atoms with E-state index in [1.807, 2.05) is 103 Å². The van der Waals surface area contributed by atoms with Gasteiger partial charge in [0.05, 0.1) is 55.8 Å². The molecule has 8 aromatic carbocycles. The fourth-order valence-corrected chi connectivity index (χ4v) is 15.6. The fraction of sp³-hybridized carbons (Fsp3) is 0.309. The lowest BCUT2D eigenvalue weighted by atomic mass is 9.83. The normalized spacial score (nSPS) is 16.6. The number of pyridine rings is 1. The quantitative estimate of drug-likeness (QED) is 0.0299. The molecule has 23 nitrogen and oxygen atoms in total. The highest BCUT2D eigenvalue weighted by Gasteiger charge is 2.42. The van der Waals surface area contributed by atoms with Gasteiger partial charge < -0.3 is 67.0 Å². The molecule has 0 radical (unpaired) electrons. The highest BCUT2D eigenvalue weighted by atomic mass is 35.5. The molecule has 0 spiro atoms. The monoisotopic (exact) mass is 1820 g/mol. The Morgan fingerprint density at radius 3 is 1.00 bits per heavy atom. The number of carbonyl (C=O) groups excluding carboxylic acids is 8. The Morgan fingerprint density at radius 2 is 0.669 bits per heavy atom. The van der Waals surface area contributed by atoms with E-state index in [0.29, 0.717) is 105 Å². The van der Waals surface area contributed by atoms with Crippen LogP contribution in [0.2, 0.25) is 20.1 Å². The maximum absolute atomic E-state index is 13.3. The summed E-state index contributed by atoms with van der Waals surface area (Å²) in [5.74, 6) is -3.87. The van der Waals surface area contributed by atoms with Gasteiger partial charge in [-0.2, -0.15) is 0 Å². The summed E-state index contributed by atoms with van der Waals surface area (Å²) in [7, 11) is 7.84. The Labute approximate surface area is 755 Å². The number of aromatic nitrogens is 1. The lowest BCUT2D eigenvalue weighted by molar-refractivity contribution is -0.275. The van der Waals surface area contributed by atoms with Crippen LogP contribution in [0.3, 0.4) is 0 Å². The van der Waals surface area contributed by atoms with E-state index in [9.17, 15) is 51.5 Å². The highest BCUT2D eigenvalue weighted by Crippen LogP contribution is 2.43. The summed E-state index contributed by atoms with van der Waals surface area (Å²) in [5, 5.41) is 4.52. The number of benzene rings is 8. The number of hydrogen-bond donors (Lipinski definition) is 0. The van der Waals surface area contributed by atoms with E-state index in [1.54, 1.807) is 156 Å². The lowest BCUT2D eigenvalue weighted by Gasteiger charge is -2.34. The molecule has 0 bridgehead atoms. The smallest absolute Gasteiger partial charge is 0.497 e. The van der Waals surface area contributed by atoms with E-state index in [-0.39, 0.29) is 99.3 Å². The first kappa shape index (κ1) is 97.5. The summed E-state index contributed by atoms with van der Waals surface area (Å²) in [6.45, 7) is 9.75. The molecule has 9 aromatic rings. The molecule has 4 aliphatic heterocycles. The van der Waals surface area contributed by atoms with Crippen molar-refractivity contribution in [3.8, 4) is 11.5 Å². The largest absolute Gasteiger partial charge is 0.573 e. The van der Waals surface area contributed by atoms with Crippen molar-refractivity contribution in [2.45, 2.75) is 110 Å². The van der Waals surface area contributed by atoms with E-state index in [4.69, 9.17) is 89.0 Å². The van der Waals surface area contributed by atoms with Crippen LogP contribution in [-0.4, -0.2) is 167 Å². The second kappa shape index (κ2) is 47.2. The average molecular weight is 1820 g/mol. The average Bonchev–Trinajstić information content (AvgIpc) is 0.790. The van der Waals surface area contributed by atoms with Crippen LogP contribution in [0.1, 0.15) is 122 Å². The number of rotatable bonds is 30. The molecular weight excluding hydrogens is 1720 g/mol. The van der Waals surface area contributed by atoms with E-state index < -0.39 is 60.3 Å². The summed E-state index contributed by atoms with van der Waals surface area (Å²) in [6, 6.07) is 58.8. The SMILES string of the molecule is COCCN1C(=O)CC(c2ccc(Cl)cc2)C(C(=O)OCc2ccc(OC)cc2)=C1C.COCCN1C(=O)CC(c2ccc(Cl)cc2)C(C(=O)OCc2ccc3ccccc3c2)=C1C.COCCN1C(=O)CC(c2ccc(Cl)cc2)C(C(=O)OCc2ccccc2OC(F)(F)F)=C1C.COCCN1C(=O)CC(c2ccc(Cl)cc2)C(C(=O)OCc2ccncc2)=C1C. The number of hydrogen-bond acceptors (Lipinski definition) is 19. The van der Waals surface area contributed by atoms with Crippen LogP contribution >= 0.6 is 46.4 Å². The number of amides is 4. The zero-order valence-electron chi connectivity index (χ0n) is 71.6. The summed E-state index contributed by atoms with van der Waals surface area (Å²) in [6.07, 6.45) is -1.03. The number of methoxy groups -OCH3 is 5. The molecule has 0 saturated carbocycles. The van der Waals surface area contributed by atoms with Crippen molar-refractivity contribution in [2.75, 3.05) is 88.2 Å². The summed E-state index contributed by atoms with van der Waals surface area (Å²) < 4.78 is 90.2. The third-order valence-corrected chi connectivity index (χ3v) is 22.7. The van der Waals surface area contributed by atoms with Gasteiger partial charge in [0.15, 0.2) is 0 Å². The third-order valence-electron chi connectivity index (χ3n) is 21.7. The Morgan fingerprint density at radius 1 is 0.370 bits per heavy atom. The van der Waals surface area contributed by atoms with Crippen molar-refractivity contribution in [3.63, 3.8) is 0 Å². The van der Waals surface area contributed by atoms with Crippen LogP contribution in [0.15, 0.2) is 258 Å². The van der Waals surface area contributed by atoms with Crippen LogP contribution < -0.4 is 9.47 Å². The lowest BCUT2D eigenvalue weighted by Crippen LogP contribution is -2.40. The van der Waals surface area contributed by atoms with E-state index in [1.165, 1.54) is 30.2 Å². The molecule has 4 unspecified atom stereocenters. The van der Waals surface area contributed by atoms with Gasteiger partial charge in [-0.3, -0.25) is 24.2 Å². The number of carbonyl (C=O) groups is 8. The van der Waals surface area contributed by atoms with Gasteiger partial charge in [0.2, 0.25) is 23.6 Å². The molecule has 0 fully saturated rings. The number of halogens is 7. The van der Waals surface area contributed by atoms with E-state index in [2.05, 4.69) is 9.72 Å². The number of para-hydroxylation sites is 1. The predicted molar refractivity (Wildman–Crippen MR) is 474 cm³/mol. The van der Waals surface area contributed by atoms with Gasteiger partial charge in [0.1, 0.15) is 37.9 Å². The van der Waals surface area contributed by atoms with Gasteiger partial charge in [-0.05, 0) is 162 Å². The van der Waals surface area contributed by atoms with Gasteiger partial charge >= 0.3 is 30.2 Å². The molecule has 4 amide bonds. The Bertz CT molecular complexity index is 5470. The molecule has 668 valence electrons. The highest BCUT2D eigenvalue weighted by molar-refractivity contribution is 6.31. The molecule has 0 saturated heterocycles. The van der Waals surface area contributed by atoms with Crippen LogP contribution in [0.25, 0.3) is 10.8 Å². The molecule has 0 N–H and O–H groups in total. The molecule has 30 heteroatoms. The first-order chi connectivity index (χ1) is 61.0. The first-order valence-corrected chi connectivity index (χ1v) is 42.1. The molecular formula is C97H98Cl4F3N5O18. The number of alkyl halides is 3. The molecule has 5 heterocycles. The van der Waals surface area contributed by atoms with Crippen molar-refractivity contribution in [2.24, 2.45) is 0 Å². The van der Waals surface area contributed by atoms with Crippen LogP contribution in [0.5, 0.6) is 11.5 Å². The standard InChI is InChI=1S/C27H26ClNO4.C24H23ClF3NO5.C24H26ClNO5.C22H23ClN2O4/c1-18-26(27(31)33-17-19-7-8-20-5-3-4-6-22(20)15-19)24(21-9-11-23(28)12-10-21)16-25(30)29(18)13-14-32-2;1-15-22(23(31)33-14-17-5-3-4-6-20(17)34-24(26,27)28)19(16-7-9-18(25)10-8-16)13-21(30)29(15)11-12-32-2;1-16-23(24(28)31-15-17-4-10-20(30-3)11-5-17)21(18-6-8-19(25)9-7-18)14-22(27)26(16)12-13-29-2;1-15-21(22(27)29-14-16-7-9-24-10-8-16)19(17-3-5-18(23)6-4-17)13-20(26)25(15)11-12-28-2/h3-12,15,24H,13-14,16-17H2,1-2H3;3-10,19H,11-14H2,1-2H3;4-11,21H,12-15H2,1-3H3;3-10,19H,11-14H2,1-2H3. The van der Waals surface area contributed by atoms with Gasteiger partial charge in [-0.25, -0.2) is 19.2 Å². The van der Waals surface area contributed by atoms with Crippen molar-refractivity contribution in [1.29, 1.82) is 0 Å². The Balaban J connectivity index is 0.000000177. The van der Waals surface area contributed by atoms with Crippen molar-refractivity contribution < 1.29 is 98.9 Å². The predicted octanol–water partition coefficient (Wildman–Crippen LogP) is 18.7. The zero-order chi connectivity index (χ0) is 91.4. The molecule has 1 aromatic heterocycles. The Hall–Kier alpha value is -11.7. The number of ether oxygens (including phenoxy) is 10. The van der Waals surface area contributed by atoms with Crippen molar-refractivity contribution in [1.82, 2.24) is 24.6 Å². The molecule has 0 aliphatic carbocycles. The molecule has 13 rings (SSSR count). The zero-order valence-corrected chi connectivity index (χ0v) is 74.6. The van der Waals surface area contributed by atoms with E-state index in [0.717, 1.165) is 56.0 Å². The number of nitrogens with zero attached hydrogens (tertiary/aromatic N) is 5. The van der Waals surface area contributed by atoms with Crippen LogP contribution in [0.4, 0.5) is 13.2 Å². The minimum absolute atomic E-state index is 0.0148. The van der Waals surface area contributed by atoms with Crippen LogP contribution in [-0.2, 0) is 103 Å². The summed E-state index contributed by atoms with van der Waals surface area (Å²) >= 11 is 24.1. The maximum Gasteiger partial charge on any atom is 0.573 e. The summed E-state index contributed by atoms with van der Waals surface area (Å²) in [4.78, 5) is 114. The minimum Gasteiger partial charge on any atom is -0.497 e. The number of fused-ring (bicyclic) bond motifs is 1. The fourth-order valence-electron chi connectivity index (χ4n) is 15.1.